The number of carboxylic acid groups (broad SMARTS) is 1. The van der Waals surface area contributed by atoms with Crippen molar-refractivity contribution in [3.05, 3.63) is 23.8 Å². The normalized spacial score (nSPS) is 38.2. The fourth-order valence-electron chi connectivity index (χ4n) is 5.35. The molecule has 0 amide bonds. The average molecular weight is 363 g/mol. The molecule has 1 saturated carbocycles. The monoisotopic (exact) mass is 363 g/mol. The van der Waals surface area contributed by atoms with Gasteiger partial charge in [0.05, 0.1) is 12.2 Å². The van der Waals surface area contributed by atoms with Gasteiger partial charge in [-0.3, -0.25) is 9.69 Å². The van der Waals surface area contributed by atoms with Gasteiger partial charge in [0, 0.05) is 18.0 Å². The average Bonchev–Trinajstić information content (AvgIpc) is 3.07. The topological polar surface area (TPSA) is 81.0 Å². The van der Waals surface area contributed by atoms with Crippen LogP contribution in [0, 0.1) is 11.8 Å². The first-order valence-corrected chi connectivity index (χ1v) is 10.1. The van der Waals surface area contributed by atoms with E-state index >= 15 is 0 Å². The smallest absolute Gasteiger partial charge is 0.320 e. The number of hydrogen-bond acceptors (Lipinski definition) is 4. The largest absolute Gasteiger partial charge is 0.480 e. The van der Waals surface area contributed by atoms with Crippen LogP contribution in [0.2, 0.25) is 0 Å². The molecular weight excluding hydrogens is 330 g/mol. The lowest BCUT2D eigenvalue weighted by Crippen LogP contribution is -2.51. The maximum Gasteiger partial charge on any atom is 0.320 e. The number of hydrogen-bond donors (Lipinski definition) is 3. The highest BCUT2D eigenvalue weighted by Crippen LogP contribution is 2.49. The summed E-state index contributed by atoms with van der Waals surface area (Å²) >= 11 is 0. The third-order valence-corrected chi connectivity index (χ3v) is 6.50. The van der Waals surface area contributed by atoms with Gasteiger partial charge >= 0.3 is 5.97 Å². The molecular formula is C21H33NO4. The van der Waals surface area contributed by atoms with Crippen molar-refractivity contribution in [2.75, 3.05) is 0 Å². The van der Waals surface area contributed by atoms with Crippen LogP contribution in [-0.2, 0) is 4.79 Å². The highest BCUT2D eigenvalue weighted by molar-refractivity contribution is 5.73. The van der Waals surface area contributed by atoms with Gasteiger partial charge in [0.25, 0.3) is 0 Å². The van der Waals surface area contributed by atoms with Gasteiger partial charge in [-0.15, -0.1) is 0 Å². The number of aliphatic hydroxyl groups excluding tert-OH is 2. The summed E-state index contributed by atoms with van der Waals surface area (Å²) < 4.78 is 0. The minimum Gasteiger partial charge on any atom is -0.480 e. The molecule has 146 valence electrons. The molecule has 3 N–H and O–H groups in total. The van der Waals surface area contributed by atoms with Crippen LogP contribution in [0.15, 0.2) is 23.8 Å². The zero-order valence-electron chi connectivity index (χ0n) is 15.9. The van der Waals surface area contributed by atoms with E-state index in [9.17, 15) is 20.1 Å². The van der Waals surface area contributed by atoms with Gasteiger partial charge < -0.3 is 15.3 Å². The van der Waals surface area contributed by atoms with Gasteiger partial charge in [-0.1, -0.05) is 23.8 Å². The summed E-state index contributed by atoms with van der Waals surface area (Å²) in [5.41, 5.74) is 1.26. The van der Waals surface area contributed by atoms with Gasteiger partial charge in [0.15, 0.2) is 0 Å². The minimum absolute atomic E-state index is 0.0261. The molecule has 3 fully saturated rings. The lowest BCUT2D eigenvalue weighted by atomic mass is 9.88. The Morgan fingerprint density at radius 3 is 2.73 bits per heavy atom. The fraction of sp³-hybridized carbons (Fsp3) is 0.762. The quantitative estimate of drug-likeness (QED) is 0.632. The second kappa shape index (κ2) is 8.24. The number of aliphatic carboxylic acids is 1. The first kappa shape index (κ1) is 19.6. The van der Waals surface area contributed by atoms with E-state index in [-0.39, 0.29) is 12.0 Å². The lowest BCUT2D eigenvalue weighted by Gasteiger charge is -2.38. The van der Waals surface area contributed by atoms with Gasteiger partial charge in [0.1, 0.15) is 6.04 Å². The zero-order valence-corrected chi connectivity index (χ0v) is 15.9. The van der Waals surface area contributed by atoms with Crippen LogP contribution >= 0.6 is 0 Å². The molecule has 0 radical (unpaired) electrons. The summed E-state index contributed by atoms with van der Waals surface area (Å²) in [5.74, 6) is -0.396. The summed E-state index contributed by atoms with van der Waals surface area (Å²) in [5, 5.41) is 30.3. The zero-order chi connectivity index (χ0) is 18.8. The standard InChI is InChI=1S/C21H33NO4/c1-13(2)5-3-7-15(23)9-10-16-17-11-14-6-4-8-18(21(25)26)22(14)19(17)12-20(16)24/h5,9-10,14-20,23-24H,3-4,6-8,11-12H2,1-2H3,(H,25,26)/b10-9+/t14?,15-,16+,17+,18?,19?,20+/m0/s1. The van der Waals surface area contributed by atoms with Crippen molar-refractivity contribution < 1.29 is 20.1 Å². The molecule has 3 rings (SSSR count). The van der Waals surface area contributed by atoms with E-state index in [0.717, 1.165) is 25.7 Å². The number of aliphatic hydroxyl groups is 2. The molecule has 3 aliphatic rings. The third kappa shape index (κ3) is 4.05. The number of nitrogens with zero attached hydrogens (tertiary/aromatic N) is 1. The molecule has 0 aromatic carbocycles. The number of carbonyl (C=O) groups is 1. The number of rotatable bonds is 6. The maximum atomic E-state index is 11.7. The molecule has 0 aromatic heterocycles. The Balaban J connectivity index is 1.64. The van der Waals surface area contributed by atoms with E-state index in [4.69, 9.17) is 0 Å². The summed E-state index contributed by atoms with van der Waals surface area (Å²) in [6.07, 6.45) is 10.9. The van der Waals surface area contributed by atoms with Crippen molar-refractivity contribution in [1.82, 2.24) is 4.90 Å². The molecule has 26 heavy (non-hydrogen) atoms. The number of piperidine rings is 1. The second-order valence-corrected chi connectivity index (χ2v) is 8.54. The van der Waals surface area contributed by atoms with Crippen LogP contribution < -0.4 is 0 Å². The molecule has 5 nitrogen and oxygen atoms in total. The van der Waals surface area contributed by atoms with Gasteiger partial charge in [-0.2, -0.15) is 0 Å². The van der Waals surface area contributed by atoms with Crippen LogP contribution in [-0.4, -0.2) is 56.5 Å². The van der Waals surface area contributed by atoms with E-state index in [0.29, 0.717) is 31.2 Å². The fourth-order valence-corrected chi connectivity index (χ4v) is 5.35. The molecule has 0 bridgehead atoms. The molecule has 1 aliphatic carbocycles. The summed E-state index contributed by atoms with van der Waals surface area (Å²) in [6, 6.07) is 0.105. The highest BCUT2D eigenvalue weighted by Gasteiger charge is 2.54. The van der Waals surface area contributed by atoms with E-state index in [1.165, 1.54) is 5.57 Å². The van der Waals surface area contributed by atoms with E-state index in [1.54, 1.807) is 0 Å². The van der Waals surface area contributed by atoms with Crippen LogP contribution in [0.3, 0.4) is 0 Å². The van der Waals surface area contributed by atoms with Gasteiger partial charge in [-0.25, -0.2) is 0 Å². The number of allylic oxidation sites excluding steroid dienone is 2. The molecule has 5 heteroatoms. The summed E-state index contributed by atoms with van der Waals surface area (Å²) in [6.45, 7) is 4.10. The van der Waals surface area contributed by atoms with Crippen LogP contribution in [0.4, 0.5) is 0 Å². The Morgan fingerprint density at radius 1 is 1.27 bits per heavy atom. The van der Waals surface area contributed by atoms with Crippen molar-refractivity contribution in [2.24, 2.45) is 11.8 Å². The molecule has 2 aliphatic heterocycles. The van der Waals surface area contributed by atoms with Crippen molar-refractivity contribution >= 4 is 5.97 Å². The minimum atomic E-state index is -0.724. The summed E-state index contributed by atoms with van der Waals surface area (Å²) in [7, 11) is 0. The molecule has 3 unspecified atom stereocenters. The van der Waals surface area contributed by atoms with Crippen LogP contribution in [0.5, 0.6) is 0 Å². The Kier molecular flexibility index (Phi) is 6.21. The van der Waals surface area contributed by atoms with Gasteiger partial charge in [-0.05, 0) is 64.7 Å². The van der Waals surface area contributed by atoms with Crippen LogP contribution in [0.25, 0.3) is 0 Å². The highest BCUT2D eigenvalue weighted by atomic mass is 16.4. The van der Waals surface area contributed by atoms with Crippen molar-refractivity contribution in [1.29, 1.82) is 0 Å². The Morgan fingerprint density at radius 2 is 2.04 bits per heavy atom. The number of carboxylic acids is 1. The van der Waals surface area contributed by atoms with Crippen molar-refractivity contribution in [3.8, 4) is 0 Å². The Bertz CT molecular complexity index is 568. The third-order valence-electron chi connectivity index (χ3n) is 6.50. The molecule has 7 atom stereocenters. The molecule has 0 aromatic rings. The lowest BCUT2D eigenvalue weighted by molar-refractivity contribution is -0.146. The SMILES string of the molecule is CC(C)=CCC[C@H](O)/C=C/[C@H]1[C@H](O)CC2[C@@H]1CC1CCCC(C(=O)O)N12. The molecule has 2 heterocycles. The van der Waals surface area contributed by atoms with Crippen LogP contribution in [0.1, 0.15) is 58.8 Å². The first-order chi connectivity index (χ1) is 12.4. The predicted octanol–water partition coefficient (Wildman–Crippen LogP) is 2.73. The molecule has 2 saturated heterocycles. The Hall–Kier alpha value is -1.17. The molecule has 0 spiro atoms. The van der Waals surface area contributed by atoms with Crippen molar-refractivity contribution in [3.63, 3.8) is 0 Å². The van der Waals surface area contributed by atoms with E-state index in [2.05, 4.69) is 24.8 Å². The second-order valence-electron chi connectivity index (χ2n) is 8.54. The first-order valence-electron chi connectivity index (χ1n) is 10.1. The van der Waals surface area contributed by atoms with E-state index in [1.807, 2.05) is 12.2 Å². The number of fused-ring (bicyclic) bond motifs is 3. The summed E-state index contributed by atoms with van der Waals surface area (Å²) in [4.78, 5) is 13.8. The Labute approximate surface area is 156 Å². The van der Waals surface area contributed by atoms with Gasteiger partial charge in [0.2, 0.25) is 0 Å². The maximum absolute atomic E-state index is 11.7. The van der Waals surface area contributed by atoms with Crippen molar-refractivity contribution in [2.45, 2.75) is 89.1 Å². The predicted molar refractivity (Wildman–Crippen MR) is 101 cm³/mol. The van der Waals surface area contributed by atoms with E-state index < -0.39 is 24.2 Å².